The van der Waals surface area contributed by atoms with E-state index in [4.69, 9.17) is 14.6 Å². The van der Waals surface area contributed by atoms with Crippen molar-refractivity contribution in [3.8, 4) is 28.6 Å². The van der Waals surface area contributed by atoms with E-state index < -0.39 is 52.9 Å². The number of pyridine rings is 1. The minimum absolute atomic E-state index is 0.0399. The number of nitrogens with one attached hydrogen (secondary N) is 5. The number of carbonyl (C=O) groups is 8. The molecule has 0 saturated heterocycles. The van der Waals surface area contributed by atoms with Gasteiger partial charge in [0.25, 0.3) is 47.3 Å². The summed E-state index contributed by atoms with van der Waals surface area (Å²) in [5, 5.41) is 56.4. The predicted molar refractivity (Wildman–Crippen MR) is 510 cm³/mol. The highest BCUT2D eigenvalue weighted by Gasteiger charge is 2.41. The standard InChI is InChI=1S/C29H25N5O3.C26H19N5O3.C25H18N6O3.C24H24N2O4/c1-29(2,37)13-15-34-23-12-6-4-10-20(23)26(32-34)25-24(27(35)31-28(25)36)21-17-33(18-8-7-14-30-16-18)22-11-5-3-9-19(21)22;32-10-9-30-13-19(17-5-1-3-7-21(17)30)23-24(26(34)29-25(23)33)20-14-31(16-11-27-15-28-12-16)22-8-4-2-6-18(20)22;32-10-9-31-20-8-4-2-6-17(20)23(29-31)22-21(24(33)28-25(22)34)18-13-30(15-11-26-14-27-12-15)19-7-3-1-5-16(18)19;27-23-21-17-9-7-11-19(15-17)29-13-5-3-1-2-4-6-14-30-20-12-8-10-18(16-20)25-22(21)24(28)26-23/h3-12,14,16-17,37H,13,15H2,1-2H3,(H,31,35,36);1-8,11-15,32H,9-10H2,(H,29,33,34);1-8,11-14,32H,9-10H2,(H,28,33,34);1-2,7-12,15-16,25H,3-6,13-14H2,(H,26,27,28)/b;;;2-1-. The first-order valence-electron chi connectivity index (χ1n) is 43.8. The van der Waals surface area contributed by atoms with Crippen molar-refractivity contribution in [2.75, 3.05) is 31.7 Å². The minimum atomic E-state index is -0.869. The lowest BCUT2D eigenvalue weighted by atomic mass is 9.95. The summed E-state index contributed by atoms with van der Waals surface area (Å²) in [6, 6.07) is 64.3. The second kappa shape index (κ2) is 37.7. The van der Waals surface area contributed by atoms with Gasteiger partial charge in [0.2, 0.25) is 0 Å². The third kappa shape index (κ3) is 17.3. The number of carbonyl (C=O) groups excluding carboxylic acids is 8. The van der Waals surface area contributed by atoms with Crippen LogP contribution < -0.4 is 36.1 Å². The molecule has 31 nitrogen and oxygen atoms in total. The van der Waals surface area contributed by atoms with Crippen molar-refractivity contribution in [3.63, 3.8) is 0 Å². The number of hydrogen-bond acceptors (Lipinski definition) is 21. The lowest BCUT2D eigenvalue weighted by Gasteiger charge is -2.16. The molecule has 670 valence electrons. The molecule has 9 aromatic heterocycles. The molecule has 8 amide bonds. The second-order valence-corrected chi connectivity index (χ2v) is 32.9. The third-order valence-electron chi connectivity index (χ3n) is 23.6. The molecule has 5 aliphatic rings. The molecule has 135 heavy (non-hydrogen) atoms. The zero-order chi connectivity index (χ0) is 93.0. The van der Waals surface area contributed by atoms with Crippen LogP contribution in [-0.2, 0) is 58.0 Å². The van der Waals surface area contributed by atoms with Crippen molar-refractivity contribution in [1.82, 2.24) is 84.0 Å². The van der Waals surface area contributed by atoms with Gasteiger partial charge in [-0.25, -0.2) is 19.9 Å². The number of imide groups is 4. The highest BCUT2D eigenvalue weighted by Crippen LogP contribution is 2.44. The fourth-order valence-electron chi connectivity index (χ4n) is 17.5. The number of aliphatic hydroxyl groups excluding tert-OH is 2. The van der Waals surface area contributed by atoms with Gasteiger partial charge in [-0.3, -0.25) is 74.0 Å². The molecule has 17 aromatic rings. The summed E-state index contributed by atoms with van der Waals surface area (Å²) in [5.74, 6) is -2.29. The van der Waals surface area contributed by atoms with Crippen LogP contribution in [0.5, 0.6) is 11.5 Å². The normalized spacial score (nSPS) is 15.0. The highest BCUT2D eigenvalue weighted by atomic mass is 16.5. The maximum absolute atomic E-state index is 13.3. The van der Waals surface area contributed by atoms with E-state index in [0.717, 1.165) is 108 Å². The fourth-order valence-corrected chi connectivity index (χ4v) is 17.5. The van der Waals surface area contributed by atoms with Gasteiger partial charge in [0.1, 0.15) is 41.2 Å². The topological polar surface area (TPSA) is 396 Å². The SMILES string of the molecule is CC(C)(O)CCn1nc(C2=C(c3cn(-c4cccnc4)c4ccccc34)C(=O)NC2=O)c2ccccc21.O=C1NC(=O)C(c2cn(-c3cncnc3)c3ccccc23)=C1c1cn(CCO)c2ccccc12.O=C1NC(=O)C(c2nn(CCO)c3ccccc23)=C1c1cn(-c2cncnc2)c2ccccc12.O=C1NC(=O)C2=C1Nc1cccc(c1)OCCC/C=C\CCCOc1cccc2c1. The zero-order valence-corrected chi connectivity index (χ0v) is 72.9. The number of anilines is 1. The van der Waals surface area contributed by atoms with Gasteiger partial charge in [-0.05, 0) is 124 Å². The largest absolute Gasteiger partial charge is 0.494 e. The Labute approximate surface area is 769 Å². The Hall–Kier alpha value is -17.3. The van der Waals surface area contributed by atoms with Gasteiger partial charge in [0, 0.05) is 116 Å². The Kier molecular flexibility index (Phi) is 24.3. The molecule has 22 rings (SSSR count). The third-order valence-corrected chi connectivity index (χ3v) is 23.6. The predicted octanol–water partition coefficient (Wildman–Crippen LogP) is 13.4. The maximum Gasteiger partial charge on any atom is 0.275 e. The average Bonchev–Trinajstić information content (AvgIpc) is 1.59. The van der Waals surface area contributed by atoms with Crippen LogP contribution in [-0.4, -0.2) is 157 Å². The second-order valence-electron chi connectivity index (χ2n) is 32.9. The van der Waals surface area contributed by atoms with Crippen molar-refractivity contribution in [1.29, 1.82) is 0 Å². The van der Waals surface area contributed by atoms with Crippen LogP contribution in [0.4, 0.5) is 5.69 Å². The van der Waals surface area contributed by atoms with Crippen LogP contribution in [0.1, 0.15) is 85.2 Å². The summed E-state index contributed by atoms with van der Waals surface area (Å²) in [7, 11) is 0. The summed E-state index contributed by atoms with van der Waals surface area (Å²) in [4.78, 5) is 125. The van der Waals surface area contributed by atoms with E-state index in [1.54, 1.807) is 72.5 Å². The van der Waals surface area contributed by atoms with E-state index >= 15 is 0 Å². The fraction of sp³-hybridized carbons (Fsp3) is 0.144. The molecule has 8 N–H and O–H groups in total. The Morgan fingerprint density at radius 3 is 1.23 bits per heavy atom. The van der Waals surface area contributed by atoms with E-state index in [2.05, 4.69) is 68.8 Å². The van der Waals surface area contributed by atoms with Crippen LogP contribution in [0.25, 0.3) is 121 Å². The number of para-hydroxylation sites is 6. The van der Waals surface area contributed by atoms with Crippen molar-refractivity contribution in [2.45, 2.75) is 71.2 Å². The summed E-state index contributed by atoms with van der Waals surface area (Å²) in [6.45, 7) is 5.66. The summed E-state index contributed by atoms with van der Waals surface area (Å²) in [5.41, 5.74) is 13.5. The number of allylic oxidation sites excluding steroid dienone is 2. The van der Waals surface area contributed by atoms with Crippen LogP contribution >= 0.6 is 0 Å². The summed E-state index contributed by atoms with van der Waals surface area (Å²) < 4.78 is 22.8. The number of aromatic nitrogens is 13. The molecule has 0 unspecified atom stereocenters. The van der Waals surface area contributed by atoms with E-state index in [1.807, 2.05) is 237 Å². The van der Waals surface area contributed by atoms with Gasteiger partial charge in [-0.15, -0.1) is 0 Å². The van der Waals surface area contributed by atoms with Gasteiger partial charge >= 0.3 is 0 Å². The minimum Gasteiger partial charge on any atom is -0.494 e. The van der Waals surface area contributed by atoms with Gasteiger partial charge in [0.05, 0.1) is 153 Å². The summed E-state index contributed by atoms with van der Waals surface area (Å²) >= 11 is 0. The highest BCUT2D eigenvalue weighted by molar-refractivity contribution is 6.53. The number of amides is 8. The van der Waals surface area contributed by atoms with Gasteiger partial charge < -0.3 is 48.4 Å². The smallest absolute Gasteiger partial charge is 0.275 e. The quantitative estimate of drug-likeness (QED) is 0.0329. The molecule has 5 aliphatic heterocycles. The number of rotatable bonds is 16. The van der Waals surface area contributed by atoms with Gasteiger partial charge in [-0.1, -0.05) is 140 Å². The molecule has 14 heterocycles. The Bertz CT molecular complexity index is 7550. The first-order valence-corrected chi connectivity index (χ1v) is 43.8. The molecule has 0 saturated carbocycles. The number of nitrogens with zero attached hydrogens (tertiary/aromatic N) is 13. The average molecular weight is 1800 g/mol. The molecule has 0 fully saturated rings. The van der Waals surface area contributed by atoms with Crippen LogP contribution in [0.15, 0.2) is 299 Å². The maximum atomic E-state index is 13.3. The number of aliphatic hydroxyl groups is 3. The molecule has 0 atom stereocenters. The first-order chi connectivity index (χ1) is 65.9. The lowest BCUT2D eigenvalue weighted by molar-refractivity contribution is -0.125. The monoisotopic (exact) mass is 1790 g/mol. The Balaban J connectivity index is 0.000000116. The van der Waals surface area contributed by atoms with E-state index in [1.165, 1.54) is 12.7 Å². The van der Waals surface area contributed by atoms with Crippen molar-refractivity contribution in [2.24, 2.45) is 0 Å². The molecule has 8 aromatic carbocycles. The zero-order valence-electron chi connectivity index (χ0n) is 72.9. The summed E-state index contributed by atoms with van der Waals surface area (Å²) in [6.07, 6.45) is 29.1. The van der Waals surface area contributed by atoms with Crippen molar-refractivity contribution < 1.29 is 63.1 Å². The van der Waals surface area contributed by atoms with E-state index in [9.17, 15) is 53.7 Å². The molecular weight excluding hydrogens is 1710 g/mol. The van der Waals surface area contributed by atoms with Crippen LogP contribution in [0.3, 0.4) is 0 Å². The number of ether oxygens (including phenoxy) is 2. The number of fused-ring (bicyclic) bond motifs is 11. The number of aryl methyl sites for hydroxylation is 1. The van der Waals surface area contributed by atoms with Crippen molar-refractivity contribution in [3.05, 3.63) is 338 Å². The van der Waals surface area contributed by atoms with Crippen LogP contribution in [0, 0.1) is 0 Å². The Morgan fingerprint density at radius 1 is 0.363 bits per heavy atom. The molecule has 0 spiro atoms. The molecule has 31 heteroatoms. The molecule has 0 aliphatic carbocycles. The molecule has 4 bridgehead atoms. The van der Waals surface area contributed by atoms with Gasteiger partial charge in [0.15, 0.2) is 0 Å². The van der Waals surface area contributed by atoms with Crippen molar-refractivity contribution >= 4 is 157 Å². The number of benzene rings is 8. The van der Waals surface area contributed by atoms with Gasteiger partial charge in [-0.2, -0.15) is 10.2 Å². The lowest BCUT2D eigenvalue weighted by Crippen LogP contribution is -2.24. The number of hydrogen-bond donors (Lipinski definition) is 8. The van der Waals surface area contributed by atoms with E-state index in [0.29, 0.717) is 111 Å². The van der Waals surface area contributed by atoms with Crippen LogP contribution in [0.2, 0.25) is 0 Å². The molecule has 0 radical (unpaired) electrons. The first kappa shape index (κ1) is 87.1. The molecular formula is C104H86N18O13. The Morgan fingerprint density at radius 2 is 0.756 bits per heavy atom. The van der Waals surface area contributed by atoms with E-state index in [-0.39, 0.29) is 42.2 Å².